The van der Waals surface area contributed by atoms with Gasteiger partial charge < -0.3 is 10.6 Å². The van der Waals surface area contributed by atoms with Crippen LogP contribution < -0.4 is 15.4 Å². The molecule has 0 unspecified atom stereocenters. The number of carbonyl (C=O) groups excluding carboxylic acids is 1. The Morgan fingerprint density at radius 1 is 1.06 bits per heavy atom. The third-order valence-corrected chi connectivity index (χ3v) is 7.51. The summed E-state index contributed by atoms with van der Waals surface area (Å²) in [6.45, 7) is 3.59. The Bertz CT molecular complexity index is 1380. The SMILES string of the molecule is CC(=O)NCc1ccc(S(=O)(=O)Nc2ccc(Nc3cc(-n4ccnc4C)ncn3)cc2)s1. The van der Waals surface area contributed by atoms with Crippen LogP contribution in [0.25, 0.3) is 5.82 Å². The van der Waals surface area contributed by atoms with Crippen molar-refractivity contribution in [2.24, 2.45) is 0 Å². The zero-order valence-electron chi connectivity index (χ0n) is 17.8. The first kappa shape index (κ1) is 22.4. The highest BCUT2D eigenvalue weighted by Gasteiger charge is 2.17. The molecule has 33 heavy (non-hydrogen) atoms. The number of hydrogen-bond donors (Lipinski definition) is 3. The fourth-order valence-electron chi connectivity index (χ4n) is 2.95. The molecule has 4 rings (SSSR count). The van der Waals surface area contributed by atoms with Gasteiger partial charge in [0.2, 0.25) is 5.91 Å². The van der Waals surface area contributed by atoms with Gasteiger partial charge >= 0.3 is 0 Å². The molecule has 12 heteroatoms. The summed E-state index contributed by atoms with van der Waals surface area (Å²) in [7, 11) is -3.73. The molecule has 0 aliphatic rings. The summed E-state index contributed by atoms with van der Waals surface area (Å²) in [5, 5.41) is 5.83. The first-order valence-electron chi connectivity index (χ1n) is 9.85. The van der Waals surface area contributed by atoms with Crippen LogP contribution in [0.15, 0.2) is 65.4 Å². The number of aryl methyl sites for hydroxylation is 1. The number of anilines is 3. The van der Waals surface area contributed by atoms with Gasteiger partial charge in [-0.15, -0.1) is 11.3 Å². The summed E-state index contributed by atoms with van der Waals surface area (Å²) in [5.74, 6) is 1.91. The van der Waals surface area contributed by atoms with Crippen LogP contribution in [0.1, 0.15) is 17.6 Å². The molecular formula is C21H21N7O3S2. The minimum absolute atomic E-state index is 0.172. The maximum atomic E-state index is 12.7. The average Bonchev–Trinajstić information content (AvgIpc) is 3.43. The molecule has 170 valence electrons. The second kappa shape index (κ2) is 9.38. The number of rotatable bonds is 8. The zero-order valence-corrected chi connectivity index (χ0v) is 19.4. The number of nitrogens with one attached hydrogen (secondary N) is 3. The molecule has 0 spiro atoms. The standard InChI is InChI=1S/C21H21N7O3S2/c1-14-22-9-10-28(14)20-11-19(24-13-25-20)26-16-3-5-17(6-4-16)27-33(30,31)21-8-7-18(32-21)12-23-15(2)29/h3-11,13,27H,12H2,1-2H3,(H,23,29)(H,24,25,26). The first-order valence-corrected chi connectivity index (χ1v) is 12.2. The topological polar surface area (TPSA) is 131 Å². The molecule has 4 aromatic rings. The molecule has 1 aromatic carbocycles. The molecule has 0 atom stereocenters. The van der Waals surface area contributed by atoms with Gasteiger partial charge in [-0.25, -0.2) is 23.4 Å². The molecule has 3 aromatic heterocycles. The van der Waals surface area contributed by atoms with Crippen molar-refractivity contribution in [1.29, 1.82) is 0 Å². The number of amides is 1. The molecule has 0 aliphatic heterocycles. The quantitative estimate of drug-likeness (QED) is 0.351. The number of thiophene rings is 1. The smallest absolute Gasteiger partial charge is 0.271 e. The molecule has 0 fully saturated rings. The van der Waals surface area contributed by atoms with E-state index < -0.39 is 10.0 Å². The lowest BCUT2D eigenvalue weighted by atomic mass is 10.3. The molecule has 0 saturated carbocycles. The number of aromatic nitrogens is 4. The van der Waals surface area contributed by atoms with Gasteiger partial charge in [-0.3, -0.25) is 14.1 Å². The summed E-state index contributed by atoms with van der Waals surface area (Å²) >= 11 is 1.11. The predicted molar refractivity (Wildman–Crippen MR) is 126 cm³/mol. The molecule has 3 N–H and O–H groups in total. The highest BCUT2D eigenvalue weighted by molar-refractivity contribution is 7.94. The highest BCUT2D eigenvalue weighted by atomic mass is 32.2. The van der Waals surface area contributed by atoms with E-state index in [4.69, 9.17) is 0 Å². The van der Waals surface area contributed by atoms with Crippen LogP contribution in [0.5, 0.6) is 0 Å². The van der Waals surface area contributed by atoms with Gasteiger partial charge in [-0.2, -0.15) is 0 Å². The van der Waals surface area contributed by atoms with Gasteiger partial charge in [-0.1, -0.05) is 0 Å². The monoisotopic (exact) mass is 483 g/mol. The van der Waals surface area contributed by atoms with Crippen molar-refractivity contribution in [1.82, 2.24) is 24.8 Å². The van der Waals surface area contributed by atoms with Gasteiger partial charge in [0.1, 0.15) is 28.0 Å². The molecule has 0 saturated heterocycles. The van der Waals surface area contributed by atoms with Crippen LogP contribution in [0.3, 0.4) is 0 Å². The van der Waals surface area contributed by atoms with Crippen molar-refractivity contribution in [2.75, 3.05) is 10.0 Å². The maximum absolute atomic E-state index is 12.7. The van der Waals surface area contributed by atoms with Crippen molar-refractivity contribution in [2.45, 2.75) is 24.6 Å². The molecular weight excluding hydrogens is 462 g/mol. The Kier molecular flexibility index (Phi) is 6.38. The summed E-state index contributed by atoms with van der Waals surface area (Å²) in [4.78, 5) is 24.5. The normalized spacial score (nSPS) is 11.2. The van der Waals surface area contributed by atoms with E-state index in [1.165, 1.54) is 19.3 Å². The van der Waals surface area contributed by atoms with E-state index in [9.17, 15) is 13.2 Å². The molecule has 10 nitrogen and oxygen atoms in total. The summed E-state index contributed by atoms with van der Waals surface area (Å²) in [5.41, 5.74) is 1.16. The van der Waals surface area contributed by atoms with E-state index in [0.717, 1.165) is 27.7 Å². The minimum atomic E-state index is -3.73. The Morgan fingerprint density at radius 2 is 1.82 bits per heavy atom. The number of sulfonamides is 1. The van der Waals surface area contributed by atoms with Gasteiger partial charge in [0, 0.05) is 41.6 Å². The third kappa shape index (κ3) is 5.54. The van der Waals surface area contributed by atoms with Gasteiger partial charge in [0.15, 0.2) is 0 Å². The van der Waals surface area contributed by atoms with E-state index in [1.54, 1.807) is 42.6 Å². The Morgan fingerprint density at radius 3 is 2.52 bits per heavy atom. The third-order valence-electron chi connectivity index (χ3n) is 4.55. The van der Waals surface area contributed by atoms with E-state index in [1.807, 2.05) is 17.7 Å². The van der Waals surface area contributed by atoms with E-state index >= 15 is 0 Å². The Labute approximate surface area is 194 Å². The number of imidazole rings is 1. The van der Waals surface area contributed by atoms with Crippen molar-refractivity contribution in [3.8, 4) is 5.82 Å². The highest BCUT2D eigenvalue weighted by Crippen LogP contribution is 2.25. The van der Waals surface area contributed by atoms with E-state index in [2.05, 4.69) is 30.3 Å². The molecule has 0 radical (unpaired) electrons. The van der Waals surface area contributed by atoms with Crippen LogP contribution in [-0.4, -0.2) is 33.8 Å². The van der Waals surface area contributed by atoms with E-state index in [0.29, 0.717) is 23.9 Å². The fourth-order valence-corrected chi connectivity index (χ4v) is 5.31. The van der Waals surface area contributed by atoms with Crippen molar-refractivity contribution in [3.05, 3.63) is 71.9 Å². The maximum Gasteiger partial charge on any atom is 0.271 e. The molecule has 3 heterocycles. The van der Waals surface area contributed by atoms with Gasteiger partial charge in [-0.05, 0) is 43.3 Å². The molecule has 1 amide bonds. The van der Waals surface area contributed by atoms with Crippen LogP contribution >= 0.6 is 11.3 Å². The Balaban J connectivity index is 1.42. The van der Waals surface area contributed by atoms with Gasteiger partial charge in [0.25, 0.3) is 10.0 Å². The Hall–Kier alpha value is -3.77. The van der Waals surface area contributed by atoms with Crippen LogP contribution in [-0.2, 0) is 21.4 Å². The summed E-state index contributed by atoms with van der Waals surface area (Å²) in [6, 6.07) is 11.8. The number of benzene rings is 1. The van der Waals surface area contributed by atoms with Gasteiger partial charge in [0.05, 0.1) is 6.54 Å². The van der Waals surface area contributed by atoms with E-state index in [-0.39, 0.29) is 10.1 Å². The number of carbonyl (C=O) groups is 1. The minimum Gasteiger partial charge on any atom is -0.351 e. The summed E-state index contributed by atoms with van der Waals surface area (Å²) < 4.78 is 29.9. The molecule has 0 aliphatic carbocycles. The second-order valence-electron chi connectivity index (χ2n) is 7.04. The lowest BCUT2D eigenvalue weighted by Gasteiger charge is -2.10. The average molecular weight is 484 g/mol. The van der Waals surface area contributed by atoms with Crippen molar-refractivity contribution >= 4 is 44.5 Å². The fraction of sp³-hybridized carbons (Fsp3) is 0.143. The molecule has 0 bridgehead atoms. The van der Waals surface area contributed by atoms with Crippen molar-refractivity contribution in [3.63, 3.8) is 0 Å². The van der Waals surface area contributed by atoms with Crippen LogP contribution in [0, 0.1) is 6.92 Å². The largest absolute Gasteiger partial charge is 0.351 e. The lowest BCUT2D eigenvalue weighted by molar-refractivity contribution is -0.119. The van der Waals surface area contributed by atoms with Crippen molar-refractivity contribution < 1.29 is 13.2 Å². The number of hydrogen-bond acceptors (Lipinski definition) is 8. The predicted octanol–water partition coefficient (Wildman–Crippen LogP) is 3.21. The first-order chi connectivity index (χ1) is 15.8. The van der Waals surface area contributed by atoms with Crippen LogP contribution in [0.2, 0.25) is 0 Å². The second-order valence-corrected chi connectivity index (χ2v) is 10.1. The number of nitrogens with zero attached hydrogens (tertiary/aromatic N) is 4. The van der Waals surface area contributed by atoms with Crippen LogP contribution in [0.4, 0.5) is 17.2 Å². The summed E-state index contributed by atoms with van der Waals surface area (Å²) in [6.07, 6.45) is 4.98. The zero-order chi connectivity index (χ0) is 23.4. The lowest BCUT2D eigenvalue weighted by Crippen LogP contribution is -2.18.